The van der Waals surface area contributed by atoms with Crippen molar-refractivity contribution in [2.75, 3.05) is 13.1 Å². The number of rotatable bonds is 8. The van der Waals surface area contributed by atoms with Gasteiger partial charge in [-0.05, 0) is 38.4 Å². The maximum Gasteiger partial charge on any atom is 0.304 e. The Morgan fingerprint density at radius 3 is 2.48 bits per heavy atom. The second-order valence-electron chi connectivity index (χ2n) is 7.10. The number of carboxylic acids is 1. The highest BCUT2D eigenvalue weighted by Gasteiger charge is 2.38. The summed E-state index contributed by atoms with van der Waals surface area (Å²) in [7, 11) is 0. The zero-order chi connectivity index (χ0) is 19.6. The number of carboxylic acid groups (broad SMARTS) is 1. The van der Waals surface area contributed by atoms with E-state index in [0.29, 0.717) is 0 Å². The number of carbonyl (C=O) groups is 2. The summed E-state index contributed by atoms with van der Waals surface area (Å²) in [4.78, 5) is 29.1. The summed E-state index contributed by atoms with van der Waals surface area (Å²) in [6.07, 6.45) is 1.92. The average molecular weight is 386 g/mol. The Labute approximate surface area is 164 Å². The van der Waals surface area contributed by atoms with Gasteiger partial charge in [0.25, 0.3) is 0 Å². The van der Waals surface area contributed by atoms with Crippen LogP contribution >= 0.6 is 11.3 Å². The lowest BCUT2D eigenvalue weighted by Gasteiger charge is -2.33. The van der Waals surface area contributed by atoms with Crippen LogP contribution in [0.3, 0.4) is 0 Å². The van der Waals surface area contributed by atoms with Gasteiger partial charge in [-0.25, -0.2) is 0 Å². The second kappa shape index (κ2) is 8.36. The molecule has 1 N–H and O–H groups in total. The molecule has 0 amide bonds. The molecule has 1 aliphatic rings. The predicted octanol–water partition coefficient (Wildman–Crippen LogP) is 4.50. The van der Waals surface area contributed by atoms with Gasteiger partial charge in [-0.2, -0.15) is 0 Å². The topological polar surface area (TPSA) is 57.6 Å². The lowest BCUT2D eigenvalue weighted by Crippen LogP contribution is -2.40. The Morgan fingerprint density at radius 1 is 1.22 bits per heavy atom. The van der Waals surface area contributed by atoms with Crippen LogP contribution in [0, 0.1) is 6.92 Å². The highest BCUT2D eigenvalue weighted by molar-refractivity contribution is 7.12. The van der Waals surface area contributed by atoms with Crippen molar-refractivity contribution in [3.8, 4) is 0 Å². The van der Waals surface area contributed by atoms with Crippen LogP contribution in [-0.2, 0) is 11.2 Å². The van der Waals surface area contributed by atoms with E-state index in [1.165, 1.54) is 4.88 Å². The van der Waals surface area contributed by atoms with Gasteiger partial charge in [0.1, 0.15) is 0 Å². The van der Waals surface area contributed by atoms with E-state index in [2.05, 4.69) is 18.7 Å². The smallest absolute Gasteiger partial charge is 0.304 e. The third-order valence-corrected chi connectivity index (χ3v) is 6.93. The number of carbonyl (C=O) groups excluding carboxylic acids is 1. The lowest BCUT2D eigenvalue weighted by atomic mass is 9.94. The summed E-state index contributed by atoms with van der Waals surface area (Å²) >= 11 is 1.69. The molecule has 0 aliphatic heterocycles. The van der Waals surface area contributed by atoms with Crippen molar-refractivity contribution in [3.63, 3.8) is 0 Å². The van der Waals surface area contributed by atoms with E-state index in [0.717, 1.165) is 47.5 Å². The average Bonchev–Trinajstić information content (AvgIpc) is 3.19. The number of aryl methyl sites for hydroxylation is 1. The molecule has 5 heteroatoms. The number of likely N-dealkylation sites (N-methyl/N-ethyl adjacent to an activating group) is 1. The monoisotopic (exact) mass is 385 g/mol. The van der Waals surface area contributed by atoms with E-state index in [4.69, 9.17) is 0 Å². The highest BCUT2D eigenvalue weighted by atomic mass is 32.1. The van der Waals surface area contributed by atoms with Crippen LogP contribution in [0.1, 0.15) is 63.8 Å². The van der Waals surface area contributed by atoms with E-state index in [1.807, 2.05) is 37.3 Å². The van der Waals surface area contributed by atoms with Gasteiger partial charge in [0.15, 0.2) is 5.78 Å². The quantitative estimate of drug-likeness (QED) is 0.680. The normalized spacial score (nSPS) is 17.1. The van der Waals surface area contributed by atoms with Crippen LogP contribution in [0.25, 0.3) is 0 Å². The first-order valence-electron chi connectivity index (χ1n) is 9.65. The van der Waals surface area contributed by atoms with E-state index in [-0.39, 0.29) is 24.2 Å². The van der Waals surface area contributed by atoms with Crippen LogP contribution in [0.2, 0.25) is 0 Å². The number of ketones is 1. The van der Waals surface area contributed by atoms with E-state index in [1.54, 1.807) is 11.3 Å². The zero-order valence-corrected chi connectivity index (χ0v) is 17.0. The maximum absolute atomic E-state index is 13.1. The molecule has 0 bridgehead atoms. The molecule has 0 saturated heterocycles. The fraction of sp³-hybridized carbons (Fsp3) is 0.455. The number of aliphatic carboxylic acids is 1. The maximum atomic E-state index is 13.1. The molecule has 2 atom stereocenters. The van der Waals surface area contributed by atoms with Crippen LogP contribution < -0.4 is 0 Å². The van der Waals surface area contributed by atoms with Crippen molar-refractivity contribution in [3.05, 3.63) is 56.8 Å². The van der Waals surface area contributed by atoms with E-state index < -0.39 is 5.97 Å². The minimum Gasteiger partial charge on any atom is -0.481 e. The van der Waals surface area contributed by atoms with Crippen molar-refractivity contribution in [1.82, 2.24) is 4.90 Å². The van der Waals surface area contributed by atoms with Crippen LogP contribution in [0.15, 0.2) is 30.3 Å². The molecule has 3 rings (SSSR count). The second-order valence-corrected chi connectivity index (χ2v) is 8.36. The molecular formula is C22H27NO3S. The lowest BCUT2D eigenvalue weighted by molar-refractivity contribution is -0.138. The third kappa shape index (κ3) is 3.85. The highest BCUT2D eigenvalue weighted by Crippen LogP contribution is 2.46. The SMILES string of the molecule is CCN(CC)C(CC(=O)O)C1CCc2c1sc(C)c2C(=O)c1ccccc1. The summed E-state index contributed by atoms with van der Waals surface area (Å²) < 4.78 is 0. The molecule has 2 aromatic rings. The number of nitrogens with zero attached hydrogens (tertiary/aromatic N) is 1. The molecule has 1 heterocycles. The molecule has 27 heavy (non-hydrogen) atoms. The molecule has 1 aromatic carbocycles. The fourth-order valence-electron chi connectivity index (χ4n) is 4.39. The first-order valence-corrected chi connectivity index (χ1v) is 10.5. The molecule has 4 nitrogen and oxygen atoms in total. The summed E-state index contributed by atoms with van der Waals surface area (Å²) in [5, 5.41) is 9.45. The molecule has 0 radical (unpaired) electrons. The molecule has 144 valence electrons. The fourth-order valence-corrected chi connectivity index (χ4v) is 5.79. The van der Waals surface area contributed by atoms with Gasteiger partial charge in [-0.1, -0.05) is 44.2 Å². The van der Waals surface area contributed by atoms with Crippen molar-refractivity contribution < 1.29 is 14.7 Å². The van der Waals surface area contributed by atoms with Gasteiger partial charge < -0.3 is 5.11 Å². The third-order valence-electron chi connectivity index (χ3n) is 5.65. The van der Waals surface area contributed by atoms with Crippen LogP contribution in [0.5, 0.6) is 0 Å². The number of hydrogen-bond acceptors (Lipinski definition) is 4. The Balaban J connectivity index is 1.98. The van der Waals surface area contributed by atoms with Gasteiger partial charge in [0, 0.05) is 32.8 Å². The Kier molecular flexibility index (Phi) is 6.12. The molecule has 0 saturated carbocycles. The molecular weight excluding hydrogens is 358 g/mol. The summed E-state index contributed by atoms with van der Waals surface area (Å²) in [5.74, 6) is -0.477. The molecule has 0 spiro atoms. The minimum atomic E-state index is -0.755. The molecule has 0 fully saturated rings. The Hall–Kier alpha value is -1.98. The molecule has 1 aliphatic carbocycles. The number of thiophene rings is 1. The largest absolute Gasteiger partial charge is 0.481 e. The van der Waals surface area contributed by atoms with Crippen LogP contribution in [-0.4, -0.2) is 40.9 Å². The van der Waals surface area contributed by atoms with Crippen molar-refractivity contribution in [1.29, 1.82) is 0 Å². The minimum absolute atomic E-state index is 0.0172. The van der Waals surface area contributed by atoms with Crippen molar-refractivity contribution in [2.24, 2.45) is 0 Å². The van der Waals surface area contributed by atoms with Gasteiger partial charge in [0.05, 0.1) is 6.42 Å². The predicted molar refractivity (Wildman–Crippen MR) is 109 cm³/mol. The zero-order valence-electron chi connectivity index (χ0n) is 16.2. The van der Waals surface area contributed by atoms with Crippen molar-refractivity contribution in [2.45, 2.75) is 52.0 Å². The summed E-state index contributed by atoms with van der Waals surface area (Å²) in [6.45, 7) is 7.84. The Morgan fingerprint density at radius 2 is 1.89 bits per heavy atom. The number of fused-ring (bicyclic) bond motifs is 1. The summed E-state index contributed by atoms with van der Waals surface area (Å²) in [6, 6.07) is 9.40. The van der Waals surface area contributed by atoms with Gasteiger partial charge in [-0.15, -0.1) is 11.3 Å². The van der Waals surface area contributed by atoms with Gasteiger partial charge in [0.2, 0.25) is 0 Å². The van der Waals surface area contributed by atoms with Gasteiger partial charge in [-0.3, -0.25) is 14.5 Å². The summed E-state index contributed by atoms with van der Waals surface area (Å²) in [5.41, 5.74) is 2.71. The number of hydrogen-bond donors (Lipinski definition) is 1. The van der Waals surface area contributed by atoms with E-state index >= 15 is 0 Å². The van der Waals surface area contributed by atoms with E-state index in [9.17, 15) is 14.7 Å². The standard InChI is InChI=1S/C22H27NO3S/c1-4-23(5-2)18(13-19(24)25)16-11-12-17-20(14(3)27-22(16)17)21(26)15-9-7-6-8-10-15/h6-10,16,18H,4-5,11-13H2,1-3H3,(H,24,25). The Bertz CT molecular complexity index is 824. The van der Waals surface area contributed by atoms with Gasteiger partial charge >= 0.3 is 5.97 Å². The molecule has 1 aromatic heterocycles. The first kappa shape index (κ1) is 19.8. The first-order chi connectivity index (χ1) is 13.0. The molecule has 2 unspecified atom stereocenters. The van der Waals surface area contributed by atoms with Crippen molar-refractivity contribution >= 4 is 23.1 Å². The van der Waals surface area contributed by atoms with Crippen LogP contribution in [0.4, 0.5) is 0 Å². The number of benzene rings is 1.